The van der Waals surface area contributed by atoms with Crippen molar-refractivity contribution in [1.29, 1.82) is 0 Å². The molecule has 0 bridgehead atoms. The summed E-state index contributed by atoms with van der Waals surface area (Å²) in [6.07, 6.45) is 0. The molecule has 34 heavy (non-hydrogen) atoms. The summed E-state index contributed by atoms with van der Waals surface area (Å²) in [6, 6.07) is 30.4. The van der Waals surface area contributed by atoms with Crippen LogP contribution in [0.25, 0.3) is 11.1 Å². The Labute approximate surface area is 242 Å². The van der Waals surface area contributed by atoms with Crippen LogP contribution < -0.4 is 15.4 Å². The van der Waals surface area contributed by atoms with Gasteiger partial charge >= 0.3 is 51.4 Å². The molecule has 168 valence electrons. The van der Waals surface area contributed by atoms with Gasteiger partial charge in [-0.3, -0.25) is 4.79 Å². The number of nitrogen functional groups attached to an aromatic ring is 1. The molecule has 8 heteroatoms. The molecule has 4 rings (SSSR count). The van der Waals surface area contributed by atoms with Crippen molar-refractivity contribution in [2.24, 2.45) is 0 Å². The number of rotatable bonds is 6. The Bertz CT molecular complexity index is 1380. The Morgan fingerprint density at radius 3 is 1.97 bits per heavy atom. The Kier molecular flexibility index (Phi) is 8.70. The average Bonchev–Trinajstić information content (AvgIpc) is 2.85. The molecule has 1 amide bonds. The number of nitrogens with one attached hydrogen (secondary N) is 1. The molecule has 0 aliphatic heterocycles. The first-order valence-electron chi connectivity index (χ1n) is 10.3. The van der Waals surface area contributed by atoms with Crippen LogP contribution in [0.2, 0.25) is 0 Å². The van der Waals surface area contributed by atoms with Gasteiger partial charge in [-0.2, -0.15) is 0 Å². The quantitative estimate of drug-likeness (QED) is 0.308. The number of amides is 1. The Hall–Kier alpha value is -2.46. The van der Waals surface area contributed by atoms with Crippen molar-refractivity contribution in [3.8, 4) is 11.1 Å². The van der Waals surface area contributed by atoms with Crippen LogP contribution in [0.15, 0.2) is 108 Å². The van der Waals surface area contributed by atoms with E-state index in [1.807, 2.05) is 66.5 Å². The second kappa shape index (κ2) is 11.3. The summed E-state index contributed by atoms with van der Waals surface area (Å²) in [5.74, 6) is -0.729. The second-order valence-electron chi connectivity index (χ2n) is 7.49. The fourth-order valence-electron chi connectivity index (χ4n) is 3.46. The molecule has 0 unspecified atom stereocenters. The molecule has 0 atom stereocenters. The van der Waals surface area contributed by atoms with Crippen molar-refractivity contribution in [2.45, 2.75) is 4.90 Å². The number of sulfonamides is 1. The van der Waals surface area contributed by atoms with Crippen molar-refractivity contribution in [3.63, 3.8) is 0 Å². The van der Waals surface area contributed by atoms with Gasteiger partial charge < -0.3 is 10.6 Å². The molecule has 4 aromatic rings. The first-order chi connectivity index (χ1) is 15.8. The summed E-state index contributed by atoms with van der Waals surface area (Å²) in [7, 11) is -2.14. The molecule has 0 spiro atoms. The van der Waals surface area contributed by atoms with Gasteiger partial charge in [-0.05, 0) is 53.6 Å². The van der Waals surface area contributed by atoms with Crippen molar-refractivity contribution >= 4 is 84.4 Å². The molecule has 0 fully saturated rings. The molecule has 0 aromatic heterocycles. The van der Waals surface area contributed by atoms with E-state index in [1.165, 1.54) is 18.2 Å². The minimum absolute atomic E-state index is 0. The van der Waals surface area contributed by atoms with Gasteiger partial charge in [0.15, 0.2) is 0 Å². The summed E-state index contributed by atoms with van der Waals surface area (Å²) in [4.78, 5) is 14.6. The van der Waals surface area contributed by atoms with E-state index in [1.54, 1.807) is 30.3 Å². The Balaban J connectivity index is 0.00000324. The molecule has 3 N–H and O–H groups in total. The molecule has 4 aromatic carbocycles. The van der Waals surface area contributed by atoms with E-state index in [-0.39, 0.29) is 61.8 Å². The zero-order valence-corrected chi connectivity index (χ0v) is 18.8. The van der Waals surface area contributed by atoms with E-state index in [0.29, 0.717) is 11.4 Å². The van der Waals surface area contributed by atoms with E-state index >= 15 is 0 Å². The molecule has 0 aliphatic rings. The molecule has 0 saturated carbocycles. The van der Waals surface area contributed by atoms with E-state index in [0.717, 1.165) is 16.8 Å². The van der Waals surface area contributed by atoms with Gasteiger partial charge in [0.25, 0.3) is 15.9 Å². The maximum atomic E-state index is 12.7. The van der Waals surface area contributed by atoms with Crippen molar-refractivity contribution < 1.29 is 13.2 Å². The summed E-state index contributed by atoms with van der Waals surface area (Å²) >= 11 is 0. The van der Waals surface area contributed by atoms with Gasteiger partial charge in [0.1, 0.15) is 0 Å². The zero-order chi connectivity index (χ0) is 23.4. The Morgan fingerprint density at radius 2 is 1.35 bits per heavy atom. The van der Waals surface area contributed by atoms with Gasteiger partial charge in [-0.1, -0.05) is 60.7 Å². The number of nitrogens with two attached hydrogens (primary N) is 1. The third-order valence-corrected chi connectivity index (χ3v) is 6.64. The number of hydrogen-bond acceptors (Lipinski definition) is 5. The topological polar surface area (TPSA) is 92.5 Å². The summed E-state index contributed by atoms with van der Waals surface area (Å²) in [5.41, 5.74) is 10.5. The predicted octanol–water partition coefficient (Wildman–Crippen LogP) is 4.17. The summed E-state index contributed by atoms with van der Waals surface area (Å²) in [6.45, 7) is 0. The number of hydrogen-bond donors (Lipinski definition) is 2. The molecule has 0 saturated heterocycles. The summed E-state index contributed by atoms with van der Waals surface area (Å²) in [5, 5.41) is 0. The van der Waals surface area contributed by atoms with E-state index in [9.17, 15) is 13.2 Å². The first kappa shape index (κ1) is 26.1. The first-order valence-corrected chi connectivity index (χ1v) is 11.7. The normalized spacial score (nSPS) is 10.7. The van der Waals surface area contributed by atoms with Crippen LogP contribution in [0.3, 0.4) is 0 Å². The SMILES string of the molecule is CN(c1ccc(-c2ccccc2)cc1)c1cc(C(=O)NS(=O)(=O)c2ccccc2)ccc1N.[KH]. The number of carbonyl (C=O) groups excluding carboxylic acids is 1. The van der Waals surface area contributed by atoms with Gasteiger partial charge in [-0.25, -0.2) is 13.1 Å². The Morgan fingerprint density at radius 1 is 0.794 bits per heavy atom. The van der Waals surface area contributed by atoms with Crippen LogP contribution in [0, 0.1) is 0 Å². The van der Waals surface area contributed by atoms with Crippen LogP contribution in [0.5, 0.6) is 0 Å². The van der Waals surface area contributed by atoms with E-state index in [2.05, 4.69) is 4.72 Å². The van der Waals surface area contributed by atoms with E-state index < -0.39 is 15.9 Å². The fraction of sp³-hybridized carbons (Fsp3) is 0.0385. The molecule has 0 radical (unpaired) electrons. The number of benzene rings is 4. The van der Waals surface area contributed by atoms with Crippen molar-refractivity contribution in [1.82, 2.24) is 4.72 Å². The zero-order valence-electron chi connectivity index (χ0n) is 18.0. The van der Waals surface area contributed by atoms with Crippen LogP contribution in [0.1, 0.15) is 10.4 Å². The molecule has 0 aliphatic carbocycles. The molecular formula is C26H24KN3O3S. The van der Waals surface area contributed by atoms with Gasteiger partial charge in [0.2, 0.25) is 0 Å². The third-order valence-electron chi connectivity index (χ3n) is 5.30. The molecular weight excluding hydrogens is 473 g/mol. The maximum absolute atomic E-state index is 12.7. The third kappa shape index (κ3) is 5.96. The van der Waals surface area contributed by atoms with Crippen molar-refractivity contribution in [3.05, 3.63) is 109 Å². The van der Waals surface area contributed by atoms with Gasteiger partial charge in [0.05, 0.1) is 16.3 Å². The monoisotopic (exact) mass is 497 g/mol. The van der Waals surface area contributed by atoms with Crippen LogP contribution in [-0.4, -0.2) is 72.8 Å². The molecule has 0 heterocycles. The van der Waals surface area contributed by atoms with Crippen LogP contribution >= 0.6 is 0 Å². The standard InChI is InChI=1S/C26H23N3O3S.K.H/c1-29(22-15-12-20(13-16-22)19-8-4-2-5-9-19)25-18-21(14-17-24(25)27)26(30)28-33(31,32)23-10-6-3-7-11-23;;/h2-18H,27H2,1H3,(H,28,30);;. The number of nitrogens with zero attached hydrogens (tertiary/aromatic N) is 1. The minimum atomic E-state index is -3.98. The van der Waals surface area contributed by atoms with Crippen LogP contribution in [0.4, 0.5) is 17.1 Å². The number of anilines is 3. The second-order valence-corrected chi connectivity index (χ2v) is 9.18. The van der Waals surface area contributed by atoms with Gasteiger partial charge in [0, 0.05) is 18.3 Å². The van der Waals surface area contributed by atoms with E-state index in [4.69, 9.17) is 5.73 Å². The fourth-order valence-corrected chi connectivity index (χ4v) is 4.46. The van der Waals surface area contributed by atoms with Crippen LogP contribution in [-0.2, 0) is 10.0 Å². The average molecular weight is 498 g/mol. The molecule has 6 nitrogen and oxygen atoms in total. The van der Waals surface area contributed by atoms with Gasteiger partial charge in [-0.15, -0.1) is 0 Å². The summed E-state index contributed by atoms with van der Waals surface area (Å²) < 4.78 is 27.1. The predicted molar refractivity (Wildman–Crippen MR) is 139 cm³/mol. The van der Waals surface area contributed by atoms with Crippen molar-refractivity contribution in [2.75, 3.05) is 17.7 Å². The number of carbonyl (C=O) groups is 1.